The first-order chi connectivity index (χ1) is 18.5. The summed E-state index contributed by atoms with van der Waals surface area (Å²) in [7, 11) is 1.72. The number of benzene rings is 1. The molecule has 0 atom stereocenters. The molecule has 38 heavy (non-hydrogen) atoms. The van der Waals surface area contributed by atoms with Crippen LogP contribution in [0.5, 0.6) is 5.75 Å². The molecule has 0 saturated carbocycles. The maximum atomic E-state index is 13.2. The number of nitrogens with zero attached hydrogens (tertiary/aromatic N) is 8. The van der Waals surface area contributed by atoms with Crippen LogP contribution >= 0.6 is 0 Å². The van der Waals surface area contributed by atoms with Gasteiger partial charge in [0.2, 0.25) is 5.78 Å². The second-order valence-electron chi connectivity index (χ2n) is 9.34. The van der Waals surface area contributed by atoms with Gasteiger partial charge in [-0.25, -0.2) is 19.8 Å². The summed E-state index contributed by atoms with van der Waals surface area (Å²) in [5.74, 6) is 8.64. The van der Waals surface area contributed by atoms with Crippen molar-refractivity contribution < 1.29 is 14.3 Å². The fourth-order valence-corrected chi connectivity index (χ4v) is 5.08. The number of aromatic nitrogens is 4. The number of aliphatic hydroxyl groups is 1. The van der Waals surface area contributed by atoms with Crippen molar-refractivity contribution in [3.05, 3.63) is 64.6 Å². The highest BCUT2D eigenvalue weighted by Crippen LogP contribution is 2.27. The molecule has 0 amide bonds. The molecule has 6 rings (SSSR count). The Kier molecular flexibility index (Phi) is 6.39. The number of nitrogens with two attached hydrogens (primary N) is 1. The Bertz CT molecular complexity index is 1490. The van der Waals surface area contributed by atoms with Crippen LogP contribution in [0.1, 0.15) is 11.5 Å². The van der Waals surface area contributed by atoms with Crippen LogP contribution in [0, 0.1) is 0 Å². The van der Waals surface area contributed by atoms with Gasteiger partial charge in [-0.15, -0.1) is 0 Å². The largest absolute Gasteiger partial charge is 0.491 e. The van der Waals surface area contributed by atoms with Crippen molar-refractivity contribution in [2.75, 3.05) is 62.5 Å². The number of furan rings is 1. The fourth-order valence-electron chi connectivity index (χ4n) is 5.08. The van der Waals surface area contributed by atoms with E-state index in [4.69, 9.17) is 25.1 Å². The minimum atomic E-state index is -0.148. The summed E-state index contributed by atoms with van der Waals surface area (Å²) in [5.41, 5.74) is 2.26. The van der Waals surface area contributed by atoms with Crippen molar-refractivity contribution in [2.24, 2.45) is 17.9 Å². The standard InChI is InChI=1S/C25H31N9O4/c1-29-25(36)32(24-28-23-22(34(24)29)21(27-17-33(23)26)20-3-2-15-38-20)13-10-30-8-11-31(12-9-30)18-4-6-19(7-5-18)37-16-14-35/h2-7,15,35H,8-14,16-17,26H2,1H3. The van der Waals surface area contributed by atoms with Gasteiger partial charge in [0.15, 0.2) is 11.6 Å². The number of hydrogen-bond donors (Lipinski definition) is 2. The van der Waals surface area contributed by atoms with E-state index in [9.17, 15) is 4.79 Å². The van der Waals surface area contributed by atoms with Crippen molar-refractivity contribution >= 4 is 23.0 Å². The predicted molar refractivity (Wildman–Crippen MR) is 142 cm³/mol. The number of ether oxygens (including phenoxy) is 1. The molecule has 0 bridgehead atoms. The molecule has 1 fully saturated rings. The van der Waals surface area contributed by atoms with E-state index in [-0.39, 0.29) is 19.0 Å². The number of anilines is 2. The van der Waals surface area contributed by atoms with Crippen molar-refractivity contribution in [1.82, 2.24) is 23.6 Å². The van der Waals surface area contributed by atoms with Gasteiger partial charge in [0.05, 0.1) is 12.9 Å². The van der Waals surface area contributed by atoms with Gasteiger partial charge in [0.1, 0.15) is 30.4 Å². The summed E-state index contributed by atoms with van der Waals surface area (Å²) in [6.45, 7) is 5.32. The van der Waals surface area contributed by atoms with Gasteiger partial charge in [-0.05, 0) is 36.4 Å². The normalized spacial score (nSPS) is 16.2. The minimum absolute atomic E-state index is 0.00105. The van der Waals surface area contributed by atoms with Crippen LogP contribution in [0.4, 0.5) is 11.5 Å². The van der Waals surface area contributed by atoms with Gasteiger partial charge < -0.3 is 19.2 Å². The Morgan fingerprint density at radius 2 is 1.89 bits per heavy atom. The summed E-state index contributed by atoms with van der Waals surface area (Å²) < 4.78 is 16.1. The first kappa shape index (κ1) is 24.3. The highest BCUT2D eigenvalue weighted by molar-refractivity contribution is 6.14. The molecule has 3 aromatic heterocycles. The average Bonchev–Trinajstić information content (AvgIpc) is 3.66. The van der Waals surface area contributed by atoms with E-state index < -0.39 is 0 Å². The molecule has 0 aliphatic carbocycles. The van der Waals surface area contributed by atoms with Crippen molar-refractivity contribution in [1.29, 1.82) is 0 Å². The van der Waals surface area contributed by atoms with Crippen LogP contribution in [0.3, 0.4) is 0 Å². The van der Waals surface area contributed by atoms with Crippen molar-refractivity contribution in [3.63, 3.8) is 0 Å². The van der Waals surface area contributed by atoms with Gasteiger partial charge in [0.25, 0.3) is 0 Å². The number of imidazole rings is 1. The number of hydrazine groups is 1. The maximum Gasteiger partial charge on any atom is 0.345 e. The molecule has 1 aromatic carbocycles. The number of hydrogen-bond acceptors (Lipinski definition) is 10. The van der Waals surface area contributed by atoms with Crippen LogP contribution in [0.2, 0.25) is 0 Å². The monoisotopic (exact) mass is 521 g/mol. The SMILES string of the molecule is Cn1c(=O)n(CCN2CCN(c3ccc(OCCO)cc3)CC2)c2nc3c(n21)C(c1ccco1)=NCN3N. The Morgan fingerprint density at radius 1 is 1.11 bits per heavy atom. The number of piperazine rings is 1. The molecule has 0 radical (unpaired) electrons. The lowest BCUT2D eigenvalue weighted by Gasteiger charge is -2.36. The van der Waals surface area contributed by atoms with E-state index in [2.05, 4.69) is 14.8 Å². The third-order valence-corrected chi connectivity index (χ3v) is 7.07. The van der Waals surface area contributed by atoms with Crippen molar-refractivity contribution in [3.8, 4) is 5.75 Å². The highest BCUT2D eigenvalue weighted by Gasteiger charge is 2.31. The molecule has 5 heterocycles. The van der Waals surface area contributed by atoms with E-state index in [1.54, 1.807) is 33.1 Å². The number of aliphatic imine (C=N–C) groups is 1. The van der Waals surface area contributed by atoms with E-state index in [0.29, 0.717) is 41.9 Å². The van der Waals surface area contributed by atoms with Gasteiger partial charge >= 0.3 is 5.69 Å². The van der Waals surface area contributed by atoms with Crippen LogP contribution < -0.4 is 26.2 Å². The number of fused-ring (bicyclic) bond motifs is 3. The second-order valence-corrected chi connectivity index (χ2v) is 9.34. The minimum Gasteiger partial charge on any atom is -0.491 e. The molecule has 3 N–H and O–H groups in total. The first-order valence-corrected chi connectivity index (χ1v) is 12.7. The molecule has 1 saturated heterocycles. The highest BCUT2D eigenvalue weighted by atomic mass is 16.5. The number of aryl methyl sites for hydroxylation is 1. The van der Waals surface area contributed by atoms with Gasteiger partial charge in [-0.3, -0.25) is 19.5 Å². The van der Waals surface area contributed by atoms with E-state index in [1.165, 1.54) is 5.01 Å². The Hall–Kier alpha value is -4.07. The van der Waals surface area contributed by atoms with Gasteiger partial charge in [-0.2, -0.15) is 4.98 Å². The van der Waals surface area contributed by atoms with E-state index in [1.807, 2.05) is 30.3 Å². The second kappa shape index (κ2) is 10.0. The smallest absolute Gasteiger partial charge is 0.345 e. The lowest BCUT2D eigenvalue weighted by molar-refractivity contribution is 0.201. The topological polar surface area (TPSA) is 135 Å². The summed E-state index contributed by atoms with van der Waals surface area (Å²) >= 11 is 0. The van der Waals surface area contributed by atoms with Gasteiger partial charge in [0, 0.05) is 52.0 Å². The summed E-state index contributed by atoms with van der Waals surface area (Å²) in [5, 5.41) is 10.4. The molecule has 0 unspecified atom stereocenters. The van der Waals surface area contributed by atoms with Crippen LogP contribution in [-0.4, -0.2) is 87.1 Å². The zero-order valence-corrected chi connectivity index (χ0v) is 21.2. The van der Waals surface area contributed by atoms with Crippen molar-refractivity contribution in [2.45, 2.75) is 6.54 Å². The fraction of sp³-hybridized carbons (Fsp3) is 0.400. The molecule has 2 aliphatic heterocycles. The molecule has 0 spiro atoms. The molecular weight excluding hydrogens is 490 g/mol. The molecule has 13 heteroatoms. The molecule has 4 aromatic rings. The average molecular weight is 522 g/mol. The Labute approximate surface area is 218 Å². The summed E-state index contributed by atoms with van der Waals surface area (Å²) in [4.78, 5) is 27.2. The first-order valence-electron chi connectivity index (χ1n) is 12.7. The van der Waals surface area contributed by atoms with E-state index >= 15 is 0 Å². The number of aliphatic hydroxyl groups excluding tert-OH is 1. The maximum absolute atomic E-state index is 13.2. The lowest BCUT2D eigenvalue weighted by atomic mass is 10.2. The Morgan fingerprint density at radius 3 is 2.61 bits per heavy atom. The predicted octanol–water partition coefficient (Wildman–Crippen LogP) is 0.109. The summed E-state index contributed by atoms with van der Waals surface area (Å²) in [6.07, 6.45) is 1.59. The zero-order chi connectivity index (χ0) is 26.2. The quantitative estimate of drug-likeness (QED) is 0.310. The third kappa shape index (κ3) is 4.23. The van der Waals surface area contributed by atoms with Crippen LogP contribution in [0.15, 0.2) is 56.9 Å². The molecule has 13 nitrogen and oxygen atoms in total. The van der Waals surface area contributed by atoms with E-state index in [0.717, 1.165) is 44.2 Å². The lowest BCUT2D eigenvalue weighted by Crippen LogP contribution is -2.47. The van der Waals surface area contributed by atoms with Gasteiger partial charge in [-0.1, -0.05) is 0 Å². The molecule has 2 aliphatic rings. The number of rotatable bonds is 8. The summed E-state index contributed by atoms with van der Waals surface area (Å²) in [6, 6.07) is 11.6. The third-order valence-electron chi connectivity index (χ3n) is 7.07. The zero-order valence-electron chi connectivity index (χ0n) is 21.2. The molecular formula is C25H31N9O4. The Balaban J connectivity index is 1.16. The van der Waals surface area contributed by atoms with Crippen LogP contribution in [-0.2, 0) is 13.6 Å². The molecule has 200 valence electrons. The van der Waals surface area contributed by atoms with Crippen LogP contribution in [0.25, 0.3) is 5.78 Å².